The van der Waals surface area contributed by atoms with Crippen LogP contribution in [0.15, 0.2) is 231 Å². The van der Waals surface area contributed by atoms with Crippen molar-refractivity contribution in [2.45, 2.75) is 0 Å². The van der Waals surface area contributed by atoms with Crippen molar-refractivity contribution in [1.82, 2.24) is 4.57 Å². The first-order valence-electron chi connectivity index (χ1n) is 20.8. The monoisotopic (exact) mass is 794 g/mol. The molecule has 0 saturated heterocycles. The number of hydrogen-bond donors (Lipinski definition) is 0. The Morgan fingerprint density at radius 1 is 0.295 bits per heavy atom. The maximum Gasteiger partial charge on any atom is 0.0541 e. The van der Waals surface area contributed by atoms with E-state index in [1.54, 1.807) is 0 Å². The fourth-order valence-electron chi connectivity index (χ4n) is 9.18. The van der Waals surface area contributed by atoms with Crippen molar-refractivity contribution in [1.29, 1.82) is 0 Å². The van der Waals surface area contributed by atoms with Gasteiger partial charge >= 0.3 is 0 Å². The van der Waals surface area contributed by atoms with Gasteiger partial charge in [-0.15, -0.1) is 11.3 Å². The molecule has 286 valence electrons. The minimum Gasteiger partial charge on any atom is -0.310 e. The number of rotatable bonds is 7. The Balaban J connectivity index is 0.922. The van der Waals surface area contributed by atoms with Crippen LogP contribution < -0.4 is 4.90 Å². The van der Waals surface area contributed by atoms with Crippen LogP contribution in [0.1, 0.15) is 0 Å². The highest BCUT2D eigenvalue weighted by molar-refractivity contribution is 7.25. The van der Waals surface area contributed by atoms with Crippen molar-refractivity contribution in [3.8, 4) is 39.1 Å². The maximum absolute atomic E-state index is 2.39. The Labute approximate surface area is 358 Å². The topological polar surface area (TPSA) is 8.17 Å². The summed E-state index contributed by atoms with van der Waals surface area (Å²) >= 11 is 1.85. The summed E-state index contributed by atoms with van der Waals surface area (Å²) in [5, 5.41) is 7.62. The van der Waals surface area contributed by atoms with Crippen molar-refractivity contribution < 1.29 is 0 Å². The molecule has 12 rings (SSSR count). The van der Waals surface area contributed by atoms with E-state index in [1.165, 1.54) is 86.1 Å². The van der Waals surface area contributed by atoms with Gasteiger partial charge in [-0.1, -0.05) is 146 Å². The molecule has 0 aliphatic rings. The van der Waals surface area contributed by atoms with Gasteiger partial charge in [-0.3, -0.25) is 0 Å². The Hall–Kier alpha value is -7.72. The molecule has 2 nitrogen and oxygen atoms in total. The third-order valence-electron chi connectivity index (χ3n) is 12.2. The number of benzene rings is 10. The lowest BCUT2D eigenvalue weighted by molar-refractivity contribution is 1.18. The number of aromatic nitrogens is 1. The number of hydrogen-bond acceptors (Lipinski definition) is 2. The summed E-state index contributed by atoms with van der Waals surface area (Å²) in [4.78, 5) is 2.39. The van der Waals surface area contributed by atoms with E-state index in [2.05, 4.69) is 240 Å². The second-order valence-electron chi connectivity index (χ2n) is 15.8. The second-order valence-corrected chi connectivity index (χ2v) is 16.9. The van der Waals surface area contributed by atoms with Gasteiger partial charge in [-0.05, 0) is 129 Å². The van der Waals surface area contributed by atoms with Gasteiger partial charge in [0.1, 0.15) is 0 Å². The van der Waals surface area contributed by atoms with Gasteiger partial charge in [0.25, 0.3) is 0 Å². The van der Waals surface area contributed by atoms with Crippen LogP contribution in [-0.4, -0.2) is 4.57 Å². The number of anilines is 3. The average molecular weight is 795 g/mol. The quantitative estimate of drug-likeness (QED) is 0.156. The molecule has 0 radical (unpaired) electrons. The summed E-state index contributed by atoms with van der Waals surface area (Å²) in [6.45, 7) is 0. The van der Waals surface area contributed by atoms with Crippen LogP contribution in [-0.2, 0) is 0 Å². The standard InChI is InChI=1S/C58H38N2S/c1-2-12-42-36-46(24-23-39(42)11-1)44-14-9-13-43(35-44)40-25-29-47(30-26-40)59(50-33-34-58-54(38-50)53-19-5-8-22-57(53)61-58)48-31-27-41(28-32-48)45-15-10-16-49(37-45)60-55-20-6-3-17-51(55)52-18-4-7-21-56(52)60/h1-38H. The Bertz CT molecular complexity index is 3540. The van der Waals surface area contributed by atoms with E-state index in [-0.39, 0.29) is 0 Å². The lowest BCUT2D eigenvalue weighted by atomic mass is 9.97. The van der Waals surface area contributed by atoms with Crippen molar-refractivity contribution in [2.75, 3.05) is 4.90 Å². The highest BCUT2D eigenvalue weighted by atomic mass is 32.1. The summed E-state index contributed by atoms with van der Waals surface area (Å²) in [6.07, 6.45) is 0. The van der Waals surface area contributed by atoms with E-state index in [1.807, 2.05) is 11.3 Å². The molecule has 0 atom stereocenters. The van der Waals surface area contributed by atoms with Crippen molar-refractivity contribution in [3.63, 3.8) is 0 Å². The average Bonchev–Trinajstić information content (AvgIpc) is 3.88. The van der Waals surface area contributed by atoms with Gasteiger partial charge in [0.05, 0.1) is 11.0 Å². The Kier molecular flexibility index (Phi) is 8.39. The van der Waals surface area contributed by atoms with Crippen LogP contribution in [0.4, 0.5) is 17.1 Å². The van der Waals surface area contributed by atoms with E-state index in [0.717, 1.165) is 22.7 Å². The summed E-state index contributed by atoms with van der Waals surface area (Å²) in [7, 11) is 0. The molecule has 0 saturated carbocycles. The molecule has 0 unspecified atom stereocenters. The molecule has 3 heteroatoms. The molecule has 61 heavy (non-hydrogen) atoms. The summed E-state index contributed by atoms with van der Waals surface area (Å²) in [5.74, 6) is 0. The van der Waals surface area contributed by atoms with Crippen molar-refractivity contribution in [2.24, 2.45) is 0 Å². The van der Waals surface area contributed by atoms with E-state index in [0.29, 0.717) is 0 Å². The van der Waals surface area contributed by atoms with Gasteiger partial charge < -0.3 is 9.47 Å². The Morgan fingerprint density at radius 2 is 0.803 bits per heavy atom. The van der Waals surface area contributed by atoms with Crippen LogP contribution in [0, 0.1) is 0 Å². The minimum atomic E-state index is 1.10. The number of thiophene rings is 1. The zero-order chi connectivity index (χ0) is 40.3. The predicted octanol–water partition coefficient (Wildman–Crippen LogP) is 16.8. The van der Waals surface area contributed by atoms with Crippen LogP contribution >= 0.6 is 11.3 Å². The first kappa shape index (κ1) is 35.2. The normalized spacial score (nSPS) is 11.6. The first-order valence-corrected chi connectivity index (χ1v) is 21.6. The van der Waals surface area contributed by atoms with Crippen molar-refractivity contribution in [3.05, 3.63) is 231 Å². The third kappa shape index (κ3) is 6.18. The lowest BCUT2D eigenvalue weighted by Crippen LogP contribution is -2.09. The molecule has 0 N–H and O–H groups in total. The van der Waals surface area contributed by atoms with Crippen LogP contribution in [0.5, 0.6) is 0 Å². The van der Waals surface area contributed by atoms with Crippen molar-refractivity contribution >= 4 is 81.1 Å². The van der Waals surface area contributed by atoms with Gasteiger partial charge in [0.15, 0.2) is 0 Å². The molecular weight excluding hydrogens is 757 g/mol. The SMILES string of the molecule is c1cc(-c2ccc(N(c3ccc(-c4cccc(-n5c6ccccc6c6ccccc65)c4)cc3)c3ccc4sc5ccccc5c4c3)cc2)cc(-c2ccc3ccccc3c2)c1. The summed E-state index contributed by atoms with van der Waals surface area (Å²) in [5.41, 5.74) is 14.1. The largest absolute Gasteiger partial charge is 0.310 e. The van der Waals surface area contributed by atoms with Gasteiger partial charge in [-0.25, -0.2) is 0 Å². The molecule has 12 aromatic rings. The predicted molar refractivity (Wildman–Crippen MR) is 262 cm³/mol. The summed E-state index contributed by atoms with van der Waals surface area (Å²) in [6, 6.07) is 84.2. The molecule has 0 bridgehead atoms. The fraction of sp³-hybridized carbons (Fsp3) is 0. The zero-order valence-electron chi connectivity index (χ0n) is 33.2. The number of fused-ring (bicyclic) bond motifs is 7. The van der Waals surface area contributed by atoms with E-state index >= 15 is 0 Å². The van der Waals surface area contributed by atoms with Crippen LogP contribution in [0.2, 0.25) is 0 Å². The Morgan fingerprint density at radius 3 is 1.51 bits per heavy atom. The molecule has 10 aromatic carbocycles. The molecule has 2 heterocycles. The van der Waals surface area contributed by atoms with Gasteiger partial charge in [0.2, 0.25) is 0 Å². The highest BCUT2D eigenvalue weighted by Gasteiger charge is 2.17. The van der Waals surface area contributed by atoms with Crippen LogP contribution in [0.25, 0.3) is 91.8 Å². The maximum atomic E-state index is 2.39. The van der Waals surface area contributed by atoms with Crippen LogP contribution in [0.3, 0.4) is 0 Å². The van der Waals surface area contributed by atoms with Gasteiger partial charge in [-0.2, -0.15) is 0 Å². The lowest BCUT2D eigenvalue weighted by Gasteiger charge is -2.26. The van der Waals surface area contributed by atoms with Gasteiger partial charge in [0, 0.05) is 53.7 Å². The molecule has 0 fully saturated rings. The number of nitrogens with zero attached hydrogens (tertiary/aromatic N) is 2. The number of para-hydroxylation sites is 2. The third-order valence-corrected chi connectivity index (χ3v) is 13.3. The fourth-order valence-corrected chi connectivity index (χ4v) is 10.3. The zero-order valence-corrected chi connectivity index (χ0v) is 34.1. The molecule has 0 amide bonds. The minimum absolute atomic E-state index is 1.10. The highest BCUT2D eigenvalue weighted by Crippen LogP contribution is 2.42. The smallest absolute Gasteiger partial charge is 0.0541 e. The van der Waals surface area contributed by atoms with E-state index in [9.17, 15) is 0 Å². The molecular formula is C58H38N2S. The second kappa shape index (κ2) is 14.5. The molecule has 0 aliphatic carbocycles. The molecule has 0 spiro atoms. The molecule has 2 aromatic heterocycles. The first-order chi connectivity index (χ1) is 30.2. The van der Waals surface area contributed by atoms with E-state index < -0.39 is 0 Å². The van der Waals surface area contributed by atoms with E-state index in [4.69, 9.17) is 0 Å². The molecule has 0 aliphatic heterocycles. The summed E-state index contributed by atoms with van der Waals surface area (Å²) < 4.78 is 4.99.